The molecule has 0 saturated carbocycles. The van der Waals surface area contributed by atoms with Crippen molar-refractivity contribution in [1.29, 1.82) is 0 Å². The topological polar surface area (TPSA) is 82.7 Å². The first-order valence-corrected chi connectivity index (χ1v) is 13.1. The molecule has 1 aromatic carbocycles. The average Bonchev–Trinajstić information content (AvgIpc) is 3.70. The second kappa shape index (κ2) is 8.62. The number of thiophene rings is 1. The van der Waals surface area contributed by atoms with Gasteiger partial charge in [0.1, 0.15) is 5.82 Å². The maximum atomic E-state index is 5.37. The average molecular weight is 483 g/mol. The van der Waals surface area contributed by atoms with Gasteiger partial charge in [-0.3, -0.25) is 15.1 Å². The van der Waals surface area contributed by atoms with Crippen LogP contribution in [0.1, 0.15) is 48.0 Å². The van der Waals surface area contributed by atoms with Crippen molar-refractivity contribution in [3.05, 3.63) is 81.9 Å². The van der Waals surface area contributed by atoms with Gasteiger partial charge in [0.15, 0.2) is 5.82 Å². The van der Waals surface area contributed by atoms with Crippen molar-refractivity contribution in [3.8, 4) is 11.4 Å². The molecule has 7 nitrogen and oxygen atoms in total. The van der Waals surface area contributed by atoms with E-state index in [1.807, 2.05) is 17.6 Å². The largest absolute Gasteiger partial charge is 0.472 e. The number of rotatable bonds is 5. The summed E-state index contributed by atoms with van der Waals surface area (Å²) >= 11 is 1.83. The number of aromatic amines is 2. The molecular formula is C27H26N6OS. The highest BCUT2D eigenvalue weighted by atomic mass is 32.1. The van der Waals surface area contributed by atoms with Crippen molar-refractivity contribution in [1.82, 2.24) is 30.3 Å². The summed E-state index contributed by atoms with van der Waals surface area (Å²) in [5.41, 5.74) is 6.80. The number of nitrogens with one attached hydrogen (secondary N) is 2. The van der Waals surface area contributed by atoms with E-state index in [0.717, 1.165) is 72.7 Å². The fourth-order valence-corrected chi connectivity index (χ4v) is 6.29. The second-order valence-corrected chi connectivity index (χ2v) is 10.5. The number of ether oxygens (including phenoxy) is 1. The van der Waals surface area contributed by atoms with Crippen molar-refractivity contribution in [2.24, 2.45) is 0 Å². The van der Waals surface area contributed by atoms with Crippen LogP contribution in [0.15, 0.2) is 65.5 Å². The highest BCUT2D eigenvalue weighted by molar-refractivity contribution is 7.09. The van der Waals surface area contributed by atoms with Crippen molar-refractivity contribution in [2.45, 2.75) is 38.1 Å². The molecule has 3 aromatic heterocycles. The quantitative estimate of drug-likeness (QED) is 0.378. The molecular weight excluding hydrogens is 456 g/mol. The van der Waals surface area contributed by atoms with E-state index in [1.165, 1.54) is 28.0 Å². The maximum absolute atomic E-state index is 5.37. The molecule has 0 bridgehead atoms. The number of fused-ring (bicyclic) bond motifs is 2. The smallest absolute Gasteiger partial charge is 0.181 e. The minimum absolute atomic E-state index is 0.383. The van der Waals surface area contributed by atoms with Crippen LogP contribution in [0, 0.1) is 0 Å². The van der Waals surface area contributed by atoms with E-state index < -0.39 is 0 Å². The zero-order valence-corrected chi connectivity index (χ0v) is 20.1. The third kappa shape index (κ3) is 3.83. The fourth-order valence-electron chi connectivity index (χ4n) is 5.54. The Kier molecular flexibility index (Phi) is 5.14. The Hall–Kier alpha value is -3.49. The number of hydrogen-bond donors (Lipinski definition) is 2. The minimum atomic E-state index is 0.383. The van der Waals surface area contributed by atoms with Gasteiger partial charge >= 0.3 is 0 Å². The van der Waals surface area contributed by atoms with E-state index in [2.05, 4.69) is 67.1 Å². The molecule has 5 heterocycles. The van der Waals surface area contributed by atoms with Crippen LogP contribution in [0.5, 0.6) is 0 Å². The van der Waals surface area contributed by atoms with Gasteiger partial charge in [0.25, 0.3) is 0 Å². The summed E-state index contributed by atoms with van der Waals surface area (Å²) in [6.45, 7) is 3.18. The van der Waals surface area contributed by atoms with Crippen molar-refractivity contribution < 1.29 is 4.74 Å². The van der Waals surface area contributed by atoms with Gasteiger partial charge in [-0.2, -0.15) is 10.2 Å². The highest BCUT2D eigenvalue weighted by Crippen LogP contribution is 2.41. The van der Waals surface area contributed by atoms with Crippen LogP contribution in [0.2, 0.25) is 0 Å². The van der Waals surface area contributed by atoms with Crippen molar-refractivity contribution >= 4 is 27.8 Å². The fraction of sp³-hybridized carbons (Fsp3) is 0.296. The molecule has 8 heteroatoms. The summed E-state index contributed by atoms with van der Waals surface area (Å²) in [7, 11) is 0. The van der Waals surface area contributed by atoms with Gasteiger partial charge in [-0.1, -0.05) is 6.07 Å². The highest BCUT2D eigenvalue weighted by Gasteiger charge is 2.26. The van der Waals surface area contributed by atoms with Crippen LogP contribution < -0.4 is 0 Å². The van der Waals surface area contributed by atoms with Gasteiger partial charge < -0.3 is 4.74 Å². The molecule has 2 aliphatic heterocycles. The number of piperidine rings is 1. The molecule has 1 atom stereocenters. The Bertz CT molecular complexity index is 1470. The van der Waals surface area contributed by atoms with Gasteiger partial charge in [-0.05, 0) is 84.7 Å². The summed E-state index contributed by atoms with van der Waals surface area (Å²) in [5, 5.41) is 19.0. The molecule has 3 aliphatic rings. The first-order valence-electron chi connectivity index (χ1n) is 12.2. The lowest BCUT2D eigenvalue weighted by molar-refractivity contribution is 0.198. The van der Waals surface area contributed by atoms with E-state index >= 15 is 0 Å². The molecule has 0 radical (unpaired) electrons. The van der Waals surface area contributed by atoms with Crippen LogP contribution in [-0.4, -0.2) is 43.4 Å². The van der Waals surface area contributed by atoms with E-state index in [9.17, 15) is 0 Å². The summed E-state index contributed by atoms with van der Waals surface area (Å²) in [6.07, 6.45) is 9.92. The standard InChI is InChI=1S/C27H26N6OS/c1-3-18(14-33(10-1)15-20-4-2-12-35-20)27-28-26(31-32-27)17-6-8-24-23(13-17)25(30-29-24)22-7-5-19-16-34-11-9-21(19)22/h2,4,6,8-9,11-13,16,18H,1,3,5,7,10,14-15H2,(H,29,30)(H,28,31,32)/t18-/m1/s1. The number of allylic oxidation sites excluding steroid dienone is 4. The predicted molar refractivity (Wildman–Crippen MR) is 138 cm³/mol. The molecule has 1 saturated heterocycles. The van der Waals surface area contributed by atoms with Crippen LogP contribution in [0.3, 0.4) is 0 Å². The van der Waals surface area contributed by atoms with E-state index in [0.29, 0.717) is 5.92 Å². The summed E-state index contributed by atoms with van der Waals surface area (Å²) in [4.78, 5) is 8.91. The molecule has 1 aliphatic carbocycles. The number of likely N-dealkylation sites (tertiary alicyclic amines) is 1. The van der Waals surface area contributed by atoms with Crippen molar-refractivity contribution in [2.75, 3.05) is 13.1 Å². The Morgan fingerprint density at radius 1 is 1.14 bits per heavy atom. The number of H-pyrrole nitrogens is 2. The van der Waals surface area contributed by atoms with Crippen LogP contribution in [0.25, 0.3) is 27.9 Å². The lowest BCUT2D eigenvalue weighted by atomic mass is 9.97. The van der Waals surface area contributed by atoms with Crippen LogP contribution >= 0.6 is 11.3 Å². The summed E-state index contributed by atoms with van der Waals surface area (Å²) < 4.78 is 5.37. The van der Waals surface area contributed by atoms with Gasteiger partial charge in [-0.25, -0.2) is 4.98 Å². The summed E-state index contributed by atoms with van der Waals surface area (Å²) in [6, 6.07) is 10.7. The molecule has 2 N–H and O–H groups in total. The lowest BCUT2D eigenvalue weighted by Crippen LogP contribution is -2.34. The SMILES string of the molecule is C1=CC2=C(c3n[nH]c4ccc(-c5n[nH]c([C@@H]6CCCN(Cc7cccs7)C6)n5)cc34)CCC2=CO1. The number of nitrogens with zero attached hydrogens (tertiary/aromatic N) is 4. The molecule has 35 heavy (non-hydrogen) atoms. The molecule has 4 aromatic rings. The Morgan fingerprint density at radius 2 is 2.14 bits per heavy atom. The Balaban J connectivity index is 1.16. The maximum Gasteiger partial charge on any atom is 0.181 e. The summed E-state index contributed by atoms with van der Waals surface area (Å²) in [5.74, 6) is 2.13. The molecule has 0 amide bonds. The molecule has 0 spiro atoms. The molecule has 0 unspecified atom stereocenters. The van der Waals surface area contributed by atoms with Crippen LogP contribution in [-0.2, 0) is 11.3 Å². The van der Waals surface area contributed by atoms with Gasteiger partial charge in [0.05, 0.1) is 23.7 Å². The third-order valence-electron chi connectivity index (χ3n) is 7.30. The van der Waals surface area contributed by atoms with Gasteiger partial charge in [-0.15, -0.1) is 11.3 Å². The van der Waals surface area contributed by atoms with E-state index in [-0.39, 0.29) is 0 Å². The first-order chi connectivity index (χ1) is 17.3. The van der Waals surface area contributed by atoms with E-state index in [4.69, 9.17) is 9.72 Å². The van der Waals surface area contributed by atoms with Crippen molar-refractivity contribution in [3.63, 3.8) is 0 Å². The lowest BCUT2D eigenvalue weighted by Gasteiger charge is -2.31. The number of benzene rings is 1. The Morgan fingerprint density at radius 3 is 3.09 bits per heavy atom. The zero-order valence-electron chi connectivity index (χ0n) is 19.3. The monoisotopic (exact) mass is 482 g/mol. The van der Waals surface area contributed by atoms with Gasteiger partial charge in [0.2, 0.25) is 0 Å². The second-order valence-electron chi connectivity index (χ2n) is 9.50. The predicted octanol–water partition coefficient (Wildman–Crippen LogP) is 5.76. The van der Waals surface area contributed by atoms with E-state index in [1.54, 1.807) is 6.26 Å². The number of hydrogen-bond acceptors (Lipinski definition) is 6. The molecule has 7 rings (SSSR count). The van der Waals surface area contributed by atoms with Crippen LogP contribution in [0.4, 0.5) is 0 Å². The zero-order chi connectivity index (χ0) is 23.2. The third-order valence-corrected chi connectivity index (χ3v) is 8.16. The van der Waals surface area contributed by atoms with Gasteiger partial charge in [0, 0.05) is 34.8 Å². The minimum Gasteiger partial charge on any atom is -0.472 e. The first kappa shape index (κ1) is 20.8. The normalized spacial score (nSPS) is 20.3. The number of aromatic nitrogens is 5. The molecule has 176 valence electrons. The Labute approximate surface area is 207 Å². The molecule has 1 fully saturated rings.